The molecule has 1 aromatic carbocycles. The number of amides is 2. The van der Waals surface area contributed by atoms with Gasteiger partial charge in [0.1, 0.15) is 24.3 Å². The first-order valence-corrected chi connectivity index (χ1v) is 7.63. The Morgan fingerprint density at radius 3 is 2.26 bits per heavy atom. The van der Waals surface area contributed by atoms with Gasteiger partial charge in [0.05, 0.1) is 18.4 Å². The molecule has 0 unspecified atom stereocenters. The van der Waals surface area contributed by atoms with Crippen molar-refractivity contribution in [2.24, 2.45) is 11.8 Å². The molecular formula is C17H18FNO4. The molecule has 0 spiro atoms. The fraction of sp³-hybridized carbons (Fsp3) is 0.412. The molecule has 0 radical (unpaired) electrons. The standard InChI is InChI=1S/C17H18FNO4/c18-11-5-7-13(8-6-11)23-10-12(20)9-19-16(21)14-3-1-2-4-15(14)17(19)22/h1-2,5-8,12,14-15,20H,3-4,9-10H2/t12-,14-,15-/m1/s1. The molecule has 3 rings (SSSR count). The highest BCUT2D eigenvalue weighted by atomic mass is 19.1. The number of aliphatic hydroxyl groups is 1. The molecular weight excluding hydrogens is 301 g/mol. The van der Waals surface area contributed by atoms with Crippen molar-refractivity contribution in [1.82, 2.24) is 4.90 Å². The van der Waals surface area contributed by atoms with Crippen LogP contribution in [-0.2, 0) is 9.59 Å². The van der Waals surface area contributed by atoms with Gasteiger partial charge < -0.3 is 9.84 Å². The van der Waals surface area contributed by atoms with E-state index in [1.54, 1.807) is 0 Å². The highest BCUT2D eigenvalue weighted by Crippen LogP contribution is 2.35. The number of imide groups is 1. The van der Waals surface area contributed by atoms with Crippen LogP contribution in [0, 0.1) is 17.7 Å². The summed E-state index contributed by atoms with van der Waals surface area (Å²) >= 11 is 0. The Balaban J connectivity index is 1.55. The third-order valence-corrected chi connectivity index (χ3v) is 4.25. The zero-order chi connectivity index (χ0) is 16.4. The lowest BCUT2D eigenvalue weighted by atomic mass is 9.85. The van der Waals surface area contributed by atoms with Crippen molar-refractivity contribution >= 4 is 11.8 Å². The number of carbonyl (C=O) groups excluding carboxylic acids is 2. The van der Waals surface area contributed by atoms with Gasteiger partial charge in [-0.05, 0) is 37.1 Å². The zero-order valence-corrected chi connectivity index (χ0v) is 12.5. The van der Waals surface area contributed by atoms with Crippen LogP contribution in [-0.4, -0.2) is 41.1 Å². The van der Waals surface area contributed by atoms with Gasteiger partial charge >= 0.3 is 0 Å². The molecule has 3 atom stereocenters. The average Bonchev–Trinajstić information content (AvgIpc) is 2.80. The second kappa shape index (κ2) is 6.50. The van der Waals surface area contributed by atoms with Gasteiger partial charge in [-0.1, -0.05) is 12.2 Å². The van der Waals surface area contributed by atoms with Crippen LogP contribution < -0.4 is 4.74 Å². The number of ether oxygens (including phenoxy) is 1. The largest absolute Gasteiger partial charge is 0.491 e. The normalized spacial score (nSPS) is 24.7. The molecule has 5 nitrogen and oxygen atoms in total. The SMILES string of the molecule is O=C1[C@@H]2CC=CC[C@H]2C(=O)N1C[C@@H](O)COc1ccc(F)cc1. The number of hydrogen-bond acceptors (Lipinski definition) is 4. The van der Waals surface area contributed by atoms with Crippen LogP contribution in [0.4, 0.5) is 4.39 Å². The first-order valence-electron chi connectivity index (χ1n) is 7.63. The Morgan fingerprint density at radius 1 is 1.13 bits per heavy atom. The molecule has 1 heterocycles. The number of fused-ring (bicyclic) bond motifs is 1. The average molecular weight is 319 g/mol. The van der Waals surface area contributed by atoms with E-state index in [-0.39, 0.29) is 42.6 Å². The van der Waals surface area contributed by atoms with Gasteiger partial charge in [0.25, 0.3) is 0 Å². The molecule has 1 aromatic rings. The number of halogens is 1. The second-order valence-electron chi connectivity index (χ2n) is 5.86. The molecule has 1 aliphatic carbocycles. The number of benzene rings is 1. The fourth-order valence-corrected chi connectivity index (χ4v) is 3.04. The van der Waals surface area contributed by atoms with Crippen LogP contribution in [0.2, 0.25) is 0 Å². The van der Waals surface area contributed by atoms with E-state index >= 15 is 0 Å². The quantitative estimate of drug-likeness (QED) is 0.660. The minimum atomic E-state index is -0.985. The van der Waals surface area contributed by atoms with E-state index in [1.165, 1.54) is 24.3 Å². The number of nitrogens with zero attached hydrogens (tertiary/aromatic N) is 1. The van der Waals surface area contributed by atoms with E-state index in [1.807, 2.05) is 12.2 Å². The Bertz CT molecular complexity index is 602. The molecule has 6 heteroatoms. The zero-order valence-electron chi connectivity index (χ0n) is 12.5. The monoisotopic (exact) mass is 319 g/mol. The molecule has 1 saturated heterocycles. The van der Waals surface area contributed by atoms with E-state index in [9.17, 15) is 19.1 Å². The van der Waals surface area contributed by atoms with Gasteiger partial charge in [0.2, 0.25) is 11.8 Å². The predicted octanol–water partition coefficient (Wildman–Crippen LogP) is 1.52. The summed E-state index contributed by atoms with van der Waals surface area (Å²) in [5.74, 6) is -0.976. The van der Waals surface area contributed by atoms with Crippen LogP contribution in [0.1, 0.15) is 12.8 Å². The smallest absolute Gasteiger partial charge is 0.233 e. The summed E-state index contributed by atoms with van der Waals surface area (Å²) in [6.07, 6.45) is 4.01. The van der Waals surface area contributed by atoms with Crippen LogP contribution in [0.3, 0.4) is 0 Å². The van der Waals surface area contributed by atoms with Gasteiger partial charge in [-0.2, -0.15) is 0 Å². The lowest BCUT2D eigenvalue weighted by Crippen LogP contribution is -2.40. The number of allylic oxidation sites excluding steroid dienone is 2. The predicted molar refractivity (Wildman–Crippen MR) is 80.0 cm³/mol. The molecule has 23 heavy (non-hydrogen) atoms. The highest BCUT2D eigenvalue weighted by Gasteiger charge is 2.47. The second-order valence-corrected chi connectivity index (χ2v) is 5.86. The molecule has 1 fully saturated rings. The molecule has 0 aromatic heterocycles. The fourth-order valence-electron chi connectivity index (χ4n) is 3.04. The Kier molecular flexibility index (Phi) is 4.43. The highest BCUT2D eigenvalue weighted by molar-refractivity contribution is 6.05. The molecule has 1 N–H and O–H groups in total. The van der Waals surface area contributed by atoms with Crippen molar-refractivity contribution in [2.45, 2.75) is 18.9 Å². The number of carbonyl (C=O) groups is 2. The number of β-amino-alcohol motifs (C(OH)–C–C–N with tert-alkyl or cyclic N) is 1. The number of hydrogen-bond donors (Lipinski definition) is 1. The summed E-state index contributed by atoms with van der Waals surface area (Å²) in [5.41, 5.74) is 0. The molecule has 0 saturated carbocycles. The minimum absolute atomic E-state index is 0.0731. The van der Waals surface area contributed by atoms with Crippen molar-refractivity contribution in [1.29, 1.82) is 0 Å². The molecule has 122 valence electrons. The molecule has 0 bridgehead atoms. The number of rotatable bonds is 5. The lowest BCUT2D eigenvalue weighted by Gasteiger charge is -2.19. The van der Waals surface area contributed by atoms with Crippen molar-refractivity contribution < 1.29 is 23.8 Å². The summed E-state index contributed by atoms with van der Waals surface area (Å²) < 4.78 is 18.1. The van der Waals surface area contributed by atoms with E-state index in [0.717, 1.165) is 4.90 Å². The first-order chi connectivity index (χ1) is 11.1. The van der Waals surface area contributed by atoms with Gasteiger partial charge in [0, 0.05) is 0 Å². The minimum Gasteiger partial charge on any atom is -0.491 e. The summed E-state index contributed by atoms with van der Waals surface area (Å²) in [6.45, 7) is -0.151. The third kappa shape index (κ3) is 3.27. The number of likely N-dealkylation sites (tertiary alicyclic amines) is 1. The van der Waals surface area contributed by atoms with Crippen LogP contribution in [0.25, 0.3) is 0 Å². The van der Waals surface area contributed by atoms with Gasteiger partial charge in [-0.3, -0.25) is 14.5 Å². The van der Waals surface area contributed by atoms with Crippen LogP contribution >= 0.6 is 0 Å². The van der Waals surface area contributed by atoms with Crippen molar-refractivity contribution in [2.75, 3.05) is 13.2 Å². The molecule has 1 aliphatic heterocycles. The molecule has 2 aliphatic rings. The van der Waals surface area contributed by atoms with Gasteiger partial charge in [-0.15, -0.1) is 0 Å². The van der Waals surface area contributed by atoms with Crippen LogP contribution in [0.15, 0.2) is 36.4 Å². The van der Waals surface area contributed by atoms with Crippen molar-refractivity contribution in [3.05, 3.63) is 42.2 Å². The summed E-state index contributed by atoms with van der Waals surface area (Å²) in [7, 11) is 0. The lowest BCUT2D eigenvalue weighted by molar-refractivity contribution is -0.141. The first kappa shape index (κ1) is 15.7. The Morgan fingerprint density at radius 2 is 1.70 bits per heavy atom. The summed E-state index contributed by atoms with van der Waals surface area (Å²) in [4.78, 5) is 25.7. The van der Waals surface area contributed by atoms with E-state index < -0.39 is 6.10 Å². The van der Waals surface area contributed by atoms with Gasteiger partial charge in [0.15, 0.2) is 0 Å². The Hall–Kier alpha value is -2.21. The Labute approximate surface area is 133 Å². The number of aliphatic hydroxyl groups excluding tert-OH is 1. The maximum absolute atomic E-state index is 12.8. The third-order valence-electron chi connectivity index (χ3n) is 4.25. The molecule has 2 amide bonds. The van der Waals surface area contributed by atoms with E-state index in [2.05, 4.69) is 0 Å². The summed E-state index contributed by atoms with van der Waals surface area (Å²) in [5, 5.41) is 10.0. The van der Waals surface area contributed by atoms with Crippen LogP contribution in [0.5, 0.6) is 5.75 Å². The maximum atomic E-state index is 12.8. The van der Waals surface area contributed by atoms with E-state index in [0.29, 0.717) is 18.6 Å². The summed E-state index contributed by atoms with van der Waals surface area (Å²) in [6, 6.07) is 5.42. The van der Waals surface area contributed by atoms with Crippen molar-refractivity contribution in [3.8, 4) is 5.75 Å². The van der Waals surface area contributed by atoms with E-state index in [4.69, 9.17) is 4.74 Å². The van der Waals surface area contributed by atoms with Crippen molar-refractivity contribution in [3.63, 3.8) is 0 Å². The maximum Gasteiger partial charge on any atom is 0.233 e. The topological polar surface area (TPSA) is 66.8 Å². The van der Waals surface area contributed by atoms with Gasteiger partial charge in [-0.25, -0.2) is 4.39 Å².